The molecule has 0 heterocycles. The van der Waals surface area contributed by atoms with Gasteiger partial charge in [0, 0.05) is 15.1 Å². The van der Waals surface area contributed by atoms with Crippen LogP contribution in [0, 0.1) is 0 Å². The Kier molecular flexibility index (Phi) is 9.72. The molecule has 1 N–H and O–H groups in total. The van der Waals surface area contributed by atoms with Gasteiger partial charge in [-0.25, -0.2) is 10.2 Å². The number of halogens is 2. The van der Waals surface area contributed by atoms with Gasteiger partial charge in [-0.2, -0.15) is 5.10 Å². The third-order valence-electron chi connectivity index (χ3n) is 5.38. The van der Waals surface area contributed by atoms with Gasteiger partial charge in [0.25, 0.3) is 5.91 Å². The molecule has 0 bridgehead atoms. The zero-order chi connectivity index (χ0) is 27.6. The van der Waals surface area contributed by atoms with Crippen LogP contribution in [0.2, 0.25) is 5.02 Å². The van der Waals surface area contributed by atoms with Crippen molar-refractivity contribution < 1.29 is 23.8 Å². The molecule has 1 amide bonds. The molecule has 0 aromatic heterocycles. The number of hydrazone groups is 1. The summed E-state index contributed by atoms with van der Waals surface area (Å²) in [6.45, 7) is 2.69. The third-order valence-corrected chi connectivity index (χ3v) is 6.13. The fourth-order valence-electron chi connectivity index (χ4n) is 3.47. The van der Waals surface area contributed by atoms with Crippen molar-refractivity contribution in [3.8, 4) is 17.2 Å². The van der Waals surface area contributed by atoms with Gasteiger partial charge in [-0.3, -0.25) is 4.79 Å². The highest BCUT2D eigenvalue weighted by Gasteiger charge is 2.14. The SMILES string of the molecule is CCOc1ccc(C(=O)Oc2ccc(Br)cc2/C=N\NC(=O)c2ccccc2OCc2ccc(Cl)cc2)cc1. The van der Waals surface area contributed by atoms with E-state index in [1.54, 1.807) is 78.9 Å². The molecule has 0 aliphatic heterocycles. The van der Waals surface area contributed by atoms with E-state index in [9.17, 15) is 9.59 Å². The summed E-state index contributed by atoms with van der Waals surface area (Å²) in [5, 5.41) is 4.71. The molecule has 0 saturated carbocycles. The van der Waals surface area contributed by atoms with E-state index in [-0.39, 0.29) is 12.4 Å². The van der Waals surface area contributed by atoms with Crippen LogP contribution in [-0.2, 0) is 6.61 Å². The van der Waals surface area contributed by atoms with E-state index < -0.39 is 11.9 Å². The first kappa shape index (κ1) is 27.9. The van der Waals surface area contributed by atoms with Gasteiger partial charge in [-0.15, -0.1) is 0 Å². The summed E-state index contributed by atoms with van der Waals surface area (Å²) < 4.78 is 17.6. The molecule has 0 atom stereocenters. The molecule has 4 aromatic rings. The van der Waals surface area contributed by atoms with E-state index in [4.69, 9.17) is 25.8 Å². The highest BCUT2D eigenvalue weighted by atomic mass is 79.9. The predicted octanol–water partition coefficient (Wildman–Crippen LogP) is 7.06. The summed E-state index contributed by atoms with van der Waals surface area (Å²) in [5.41, 5.74) is 4.59. The molecule has 4 rings (SSSR count). The average Bonchev–Trinajstić information content (AvgIpc) is 2.95. The second-order valence-corrected chi connectivity index (χ2v) is 9.49. The van der Waals surface area contributed by atoms with Gasteiger partial charge in [0.15, 0.2) is 0 Å². The molecule has 0 fully saturated rings. The number of carbonyl (C=O) groups is 2. The molecule has 198 valence electrons. The van der Waals surface area contributed by atoms with Crippen LogP contribution in [0.1, 0.15) is 38.8 Å². The van der Waals surface area contributed by atoms with E-state index in [1.165, 1.54) is 6.21 Å². The van der Waals surface area contributed by atoms with Crippen molar-refractivity contribution in [1.29, 1.82) is 0 Å². The van der Waals surface area contributed by atoms with E-state index in [0.29, 0.717) is 39.8 Å². The highest BCUT2D eigenvalue weighted by Crippen LogP contribution is 2.24. The predicted molar refractivity (Wildman–Crippen MR) is 154 cm³/mol. The van der Waals surface area contributed by atoms with Gasteiger partial charge in [-0.1, -0.05) is 51.8 Å². The van der Waals surface area contributed by atoms with E-state index in [2.05, 4.69) is 26.5 Å². The number of carbonyl (C=O) groups excluding carboxylic acids is 2. The van der Waals surface area contributed by atoms with Crippen LogP contribution in [-0.4, -0.2) is 24.7 Å². The summed E-state index contributed by atoms with van der Waals surface area (Å²) in [6, 6.07) is 25.9. The molecule has 0 radical (unpaired) electrons. The molecule has 9 heteroatoms. The molecule has 39 heavy (non-hydrogen) atoms. The molecule has 0 unspecified atom stereocenters. The van der Waals surface area contributed by atoms with Gasteiger partial charge in [0.05, 0.1) is 23.9 Å². The first-order valence-corrected chi connectivity index (χ1v) is 13.1. The van der Waals surface area contributed by atoms with Crippen molar-refractivity contribution in [2.45, 2.75) is 13.5 Å². The standard InChI is InChI=1S/C30H24BrClN2O5/c1-2-37-25-14-9-21(10-15-25)30(36)39-27-16-11-23(31)17-22(27)18-33-34-29(35)26-5-3-4-6-28(26)38-19-20-7-12-24(32)13-8-20/h3-18H,2,19H2,1H3,(H,34,35)/b33-18-. The van der Waals surface area contributed by atoms with Crippen LogP contribution in [0.4, 0.5) is 0 Å². The van der Waals surface area contributed by atoms with Gasteiger partial charge >= 0.3 is 5.97 Å². The number of ether oxygens (including phenoxy) is 3. The van der Waals surface area contributed by atoms with Crippen LogP contribution < -0.4 is 19.6 Å². The molecule has 0 saturated heterocycles. The fraction of sp³-hybridized carbons (Fsp3) is 0.100. The van der Waals surface area contributed by atoms with Crippen molar-refractivity contribution in [3.05, 3.63) is 123 Å². The molecule has 0 aliphatic carbocycles. The number of nitrogens with zero attached hydrogens (tertiary/aromatic N) is 1. The Labute approximate surface area is 239 Å². The second-order valence-electron chi connectivity index (χ2n) is 8.14. The number of hydrogen-bond acceptors (Lipinski definition) is 6. The molecule has 4 aromatic carbocycles. The average molecular weight is 608 g/mol. The summed E-state index contributed by atoms with van der Waals surface area (Å²) in [4.78, 5) is 25.6. The monoisotopic (exact) mass is 606 g/mol. The van der Waals surface area contributed by atoms with Crippen molar-refractivity contribution in [3.63, 3.8) is 0 Å². The Hall–Kier alpha value is -4.14. The summed E-state index contributed by atoms with van der Waals surface area (Å²) in [6.07, 6.45) is 1.40. The molecule has 7 nitrogen and oxygen atoms in total. The normalized spacial score (nSPS) is 10.7. The molecular weight excluding hydrogens is 584 g/mol. The maximum Gasteiger partial charge on any atom is 0.343 e. The summed E-state index contributed by atoms with van der Waals surface area (Å²) >= 11 is 9.35. The van der Waals surface area contributed by atoms with Crippen molar-refractivity contribution in [2.24, 2.45) is 5.10 Å². The summed E-state index contributed by atoms with van der Waals surface area (Å²) in [5.74, 6) is 0.360. The van der Waals surface area contributed by atoms with Crippen LogP contribution >= 0.6 is 27.5 Å². The highest BCUT2D eigenvalue weighted by molar-refractivity contribution is 9.10. The first-order chi connectivity index (χ1) is 18.9. The number of rotatable bonds is 10. The minimum Gasteiger partial charge on any atom is -0.494 e. The van der Waals surface area contributed by atoms with Crippen LogP contribution in [0.3, 0.4) is 0 Å². The van der Waals surface area contributed by atoms with Crippen molar-refractivity contribution in [1.82, 2.24) is 5.43 Å². The Morgan fingerprint density at radius 1 is 0.923 bits per heavy atom. The number of nitrogens with one attached hydrogen (secondary N) is 1. The first-order valence-electron chi connectivity index (χ1n) is 12.0. The number of para-hydroxylation sites is 1. The number of hydrogen-bond donors (Lipinski definition) is 1. The van der Waals surface area contributed by atoms with Gasteiger partial charge in [0.2, 0.25) is 0 Å². The number of benzene rings is 4. The fourth-order valence-corrected chi connectivity index (χ4v) is 3.97. The minimum atomic E-state index is -0.536. The molecule has 0 spiro atoms. The van der Waals surface area contributed by atoms with Gasteiger partial charge in [0.1, 0.15) is 23.9 Å². The maximum atomic E-state index is 12.9. The van der Waals surface area contributed by atoms with Crippen molar-refractivity contribution >= 4 is 45.6 Å². The van der Waals surface area contributed by atoms with Gasteiger partial charge in [-0.05, 0) is 79.2 Å². The zero-order valence-corrected chi connectivity index (χ0v) is 23.2. The topological polar surface area (TPSA) is 86.2 Å². The largest absolute Gasteiger partial charge is 0.494 e. The van der Waals surface area contributed by atoms with Crippen LogP contribution in [0.5, 0.6) is 17.2 Å². The van der Waals surface area contributed by atoms with Crippen LogP contribution in [0.15, 0.2) is 101 Å². The number of amides is 1. The Morgan fingerprint density at radius 3 is 2.41 bits per heavy atom. The number of esters is 1. The van der Waals surface area contributed by atoms with Crippen LogP contribution in [0.25, 0.3) is 0 Å². The maximum absolute atomic E-state index is 12.9. The van der Waals surface area contributed by atoms with E-state index >= 15 is 0 Å². The quantitative estimate of drug-likeness (QED) is 0.0903. The lowest BCUT2D eigenvalue weighted by Crippen LogP contribution is -2.19. The lowest BCUT2D eigenvalue weighted by atomic mass is 10.2. The lowest BCUT2D eigenvalue weighted by molar-refractivity contribution is 0.0734. The molecular formula is C30H24BrClN2O5. The van der Waals surface area contributed by atoms with Crippen molar-refractivity contribution in [2.75, 3.05) is 6.61 Å². The zero-order valence-electron chi connectivity index (χ0n) is 20.9. The summed E-state index contributed by atoms with van der Waals surface area (Å²) in [7, 11) is 0. The minimum absolute atomic E-state index is 0.270. The Bertz CT molecular complexity index is 1470. The van der Waals surface area contributed by atoms with E-state index in [1.807, 2.05) is 19.1 Å². The Morgan fingerprint density at radius 2 is 1.67 bits per heavy atom. The molecule has 0 aliphatic rings. The van der Waals surface area contributed by atoms with E-state index in [0.717, 1.165) is 10.0 Å². The third kappa shape index (κ3) is 7.92. The lowest BCUT2D eigenvalue weighted by Gasteiger charge is -2.11. The Balaban J connectivity index is 1.42. The smallest absolute Gasteiger partial charge is 0.343 e. The second kappa shape index (κ2) is 13.6. The van der Waals surface area contributed by atoms with Gasteiger partial charge < -0.3 is 14.2 Å².